The van der Waals surface area contributed by atoms with E-state index in [2.05, 4.69) is 21.9 Å². The molecule has 6 heteroatoms. The van der Waals surface area contributed by atoms with E-state index in [1.165, 1.54) is 0 Å². The van der Waals surface area contributed by atoms with Crippen LogP contribution >= 0.6 is 11.6 Å². The molecule has 1 aliphatic heterocycles. The van der Waals surface area contributed by atoms with Gasteiger partial charge in [-0.05, 0) is 29.7 Å². The van der Waals surface area contributed by atoms with Crippen LogP contribution in [0.5, 0.6) is 0 Å². The van der Waals surface area contributed by atoms with Gasteiger partial charge in [-0.15, -0.1) is 0 Å². The minimum Gasteiger partial charge on any atom is -0.611 e. The molecule has 1 aliphatic rings. The Labute approximate surface area is 95.9 Å². The van der Waals surface area contributed by atoms with E-state index in [1.807, 2.05) is 0 Å². The lowest BCUT2D eigenvalue weighted by Crippen LogP contribution is -2.07. The first-order valence-electron chi connectivity index (χ1n) is 4.45. The van der Waals surface area contributed by atoms with Crippen LogP contribution in [0.3, 0.4) is 0 Å². The number of nitrogens with one attached hydrogen (secondary N) is 1. The quantitative estimate of drug-likeness (QED) is 0.635. The topological polar surface area (TPSA) is 60.9 Å². The highest BCUT2D eigenvalue weighted by molar-refractivity contribution is 7.91. The number of halogens is 1. The van der Waals surface area contributed by atoms with Gasteiger partial charge in [-0.2, -0.15) is 4.98 Å². The third-order valence-corrected chi connectivity index (χ3v) is 3.62. The van der Waals surface area contributed by atoms with Crippen LogP contribution in [-0.4, -0.2) is 20.3 Å². The number of hydrogen-bond donors (Lipinski definition) is 1. The van der Waals surface area contributed by atoms with E-state index in [0.717, 1.165) is 11.4 Å². The molecule has 2 heterocycles. The maximum absolute atomic E-state index is 11.7. The molecule has 4 nitrogen and oxygen atoms in total. The minimum absolute atomic E-state index is 0.177. The average Bonchev–Trinajstić information content (AvgIpc) is 2.46. The van der Waals surface area contributed by atoms with Gasteiger partial charge in [-0.3, -0.25) is 0 Å². The Hall–Kier alpha value is -0.780. The Morgan fingerprint density at radius 2 is 2.33 bits per heavy atom. The van der Waals surface area contributed by atoms with Crippen molar-refractivity contribution in [1.82, 2.24) is 9.97 Å². The Bertz CT molecular complexity index is 424. The number of allylic oxidation sites excluding steroid dienone is 1. The van der Waals surface area contributed by atoms with E-state index in [4.69, 9.17) is 11.6 Å². The molecule has 2 rings (SSSR count). The molecule has 1 aromatic rings. The molecule has 1 aromatic heterocycles. The van der Waals surface area contributed by atoms with Gasteiger partial charge >= 0.3 is 0 Å². The monoisotopic (exact) mass is 243 g/mol. The largest absolute Gasteiger partial charge is 0.611 e. The molecule has 1 N–H and O–H groups in total. The van der Waals surface area contributed by atoms with Gasteiger partial charge in [-0.1, -0.05) is 6.58 Å². The molecule has 0 fully saturated rings. The summed E-state index contributed by atoms with van der Waals surface area (Å²) in [5, 5.41) is 3.13. The fourth-order valence-electron chi connectivity index (χ4n) is 1.45. The molecule has 15 heavy (non-hydrogen) atoms. The second-order valence-electron chi connectivity index (χ2n) is 3.32. The van der Waals surface area contributed by atoms with E-state index in [1.54, 1.807) is 6.92 Å². The van der Waals surface area contributed by atoms with Crippen molar-refractivity contribution in [3.05, 3.63) is 23.3 Å². The van der Waals surface area contributed by atoms with Crippen LogP contribution in [-0.2, 0) is 17.6 Å². The summed E-state index contributed by atoms with van der Waals surface area (Å²) < 4.78 is 11.7. The van der Waals surface area contributed by atoms with Crippen LogP contribution in [0.15, 0.2) is 17.2 Å². The summed E-state index contributed by atoms with van der Waals surface area (Å²) in [5.74, 6) is 1.11. The minimum atomic E-state index is -1.02. The smallest absolute Gasteiger partial charge is 0.224 e. The molecular weight excluding hydrogens is 234 g/mol. The number of hydrogen-bond acceptors (Lipinski definition) is 4. The van der Waals surface area contributed by atoms with Gasteiger partial charge in [0.05, 0.1) is 0 Å². The standard InChI is InChI=1S/C9H10ClN3OS/c1-5(2)11-8-7-6(3-4-15(7)14)12-9(10)13-8/h1,3-4H2,2H3,(H,11,12,13)/t15-/m1/s1. The molecule has 0 unspecified atom stereocenters. The summed E-state index contributed by atoms with van der Waals surface area (Å²) in [4.78, 5) is 8.76. The predicted octanol–water partition coefficient (Wildman–Crippen LogP) is 1.74. The molecule has 0 amide bonds. The summed E-state index contributed by atoms with van der Waals surface area (Å²) in [6.07, 6.45) is 0.690. The zero-order chi connectivity index (χ0) is 11.0. The molecule has 0 bridgehead atoms. The van der Waals surface area contributed by atoms with Gasteiger partial charge in [0.1, 0.15) is 11.4 Å². The zero-order valence-electron chi connectivity index (χ0n) is 8.21. The maximum Gasteiger partial charge on any atom is 0.224 e. The van der Waals surface area contributed by atoms with Gasteiger partial charge in [0, 0.05) is 12.1 Å². The van der Waals surface area contributed by atoms with Crippen molar-refractivity contribution in [2.75, 3.05) is 11.1 Å². The average molecular weight is 244 g/mol. The number of aryl methyl sites for hydroxylation is 1. The second-order valence-corrected chi connectivity index (χ2v) is 5.17. The SMILES string of the molecule is C=C(C)Nc1nc(Cl)nc2c1[S@+]([O-])CC2. The number of rotatable bonds is 2. The second kappa shape index (κ2) is 4.00. The van der Waals surface area contributed by atoms with Gasteiger partial charge in [0.2, 0.25) is 10.2 Å². The predicted molar refractivity (Wildman–Crippen MR) is 60.5 cm³/mol. The van der Waals surface area contributed by atoms with Gasteiger partial charge in [-0.25, -0.2) is 4.98 Å². The molecule has 0 saturated heterocycles. The summed E-state index contributed by atoms with van der Waals surface area (Å²) in [6.45, 7) is 5.52. The van der Waals surface area contributed by atoms with Crippen molar-refractivity contribution >= 4 is 28.6 Å². The highest BCUT2D eigenvalue weighted by Crippen LogP contribution is 2.31. The van der Waals surface area contributed by atoms with Crippen LogP contribution in [0, 0.1) is 0 Å². The van der Waals surface area contributed by atoms with Crippen LogP contribution in [0.25, 0.3) is 0 Å². The molecule has 0 aliphatic carbocycles. The van der Waals surface area contributed by atoms with E-state index < -0.39 is 11.2 Å². The first kappa shape index (κ1) is 10.7. The molecule has 0 radical (unpaired) electrons. The molecular formula is C9H10ClN3OS. The Morgan fingerprint density at radius 3 is 3.00 bits per heavy atom. The van der Waals surface area contributed by atoms with Gasteiger partial charge < -0.3 is 9.87 Å². The fourth-order valence-corrected chi connectivity index (χ4v) is 2.95. The summed E-state index contributed by atoms with van der Waals surface area (Å²) >= 11 is 4.75. The maximum atomic E-state index is 11.7. The highest BCUT2D eigenvalue weighted by atomic mass is 35.5. The Kier molecular flexibility index (Phi) is 2.86. The number of aromatic nitrogens is 2. The normalized spacial score (nSPS) is 18.7. The number of anilines is 1. The van der Waals surface area contributed by atoms with E-state index in [0.29, 0.717) is 22.9 Å². The lowest BCUT2D eigenvalue weighted by molar-refractivity contribution is 0.599. The fraction of sp³-hybridized carbons (Fsp3) is 0.333. The first-order chi connectivity index (χ1) is 7.08. The van der Waals surface area contributed by atoms with Crippen LogP contribution in [0.4, 0.5) is 5.82 Å². The Morgan fingerprint density at radius 1 is 1.60 bits per heavy atom. The van der Waals surface area contributed by atoms with E-state index in [-0.39, 0.29) is 5.28 Å². The highest BCUT2D eigenvalue weighted by Gasteiger charge is 2.31. The first-order valence-corrected chi connectivity index (χ1v) is 6.15. The lowest BCUT2D eigenvalue weighted by Gasteiger charge is -2.10. The zero-order valence-corrected chi connectivity index (χ0v) is 9.78. The van der Waals surface area contributed by atoms with Crippen molar-refractivity contribution in [2.24, 2.45) is 0 Å². The molecule has 80 valence electrons. The molecule has 0 saturated carbocycles. The van der Waals surface area contributed by atoms with Gasteiger partial charge in [0.15, 0.2) is 5.82 Å². The van der Waals surface area contributed by atoms with Crippen molar-refractivity contribution in [1.29, 1.82) is 0 Å². The van der Waals surface area contributed by atoms with Crippen molar-refractivity contribution in [2.45, 2.75) is 18.2 Å². The molecule has 0 spiro atoms. The lowest BCUT2D eigenvalue weighted by atomic mass is 10.3. The van der Waals surface area contributed by atoms with Crippen LogP contribution < -0.4 is 5.32 Å². The number of nitrogens with zero attached hydrogens (tertiary/aromatic N) is 2. The summed E-state index contributed by atoms with van der Waals surface area (Å²) in [7, 11) is 0. The third kappa shape index (κ3) is 2.09. The Balaban J connectivity index is 2.48. The van der Waals surface area contributed by atoms with Crippen molar-refractivity contribution in [3.8, 4) is 0 Å². The van der Waals surface area contributed by atoms with Crippen LogP contribution in [0.2, 0.25) is 5.28 Å². The number of fused-ring (bicyclic) bond motifs is 1. The molecule has 0 aromatic carbocycles. The summed E-state index contributed by atoms with van der Waals surface area (Å²) in [6, 6.07) is 0. The van der Waals surface area contributed by atoms with Crippen molar-refractivity contribution < 1.29 is 4.55 Å². The summed E-state index contributed by atoms with van der Waals surface area (Å²) in [5.41, 5.74) is 1.51. The van der Waals surface area contributed by atoms with Crippen LogP contribution in [0.1, 0.15) is 12.6 Å². The van der Waals surface area contributed by atoms with Crippen molar-refractivity contribution in [3.63, 3.8) is 0 Å². The van der Waals surface area contributed by atoms with E-state index in [9.17, 15) is 4.55 Å². The van der Waals surface area contributed by atoms with E-state index >= 15 is 0 Å². The molecule has 1 atom stereocenters. The van der Waals surface area contributed by atoms with Gasteiger partial charge in [0.25, 0.3) is 0 Å². The third-order valence-electron chi connectivity index (χ3n) is 1.99.